The van der Waals surface area contributed by atoms with E-state index in [1.54, 1.807) is 39.7 Å². The summed E-state index contributed by atoms with van der Waals surface area (Å²) < 4.78 is 3.29. The van der Waals surface area contributed by atoms with Gasteiger partial charge < -0.3 is 35.2 Å². The Bertz CT molecular complexity index is 2740. The minimum absolute atomic E-state index is 0.0131. The Labute approximate surface area is 381 Å². The van der Waals surface area contributed by atoms with Gasteiger partial charge in [-0.1, -0.05) is 48.4 Å². The highest BCUT2D eigenvalue weighted by Gasteiger charge is 2.34. The fourth-order valence-corrected chi connectivity index (χ4v) is 9.17. The van der Waals surface area contributed by atoms with Gasteiger partial charge in [-0.2, -0.15) is 15.1 Å². The molecule has 5 aromatic rings. The van der Waals surface area contributed by atoms with Crippen molar-refractivity contribution in [1.82, 2.24) is 44.5 Å². The van der Waals surface area contributed by atoms with Crippen molar-refractivity contribution < 1.29 is 9.59 Å². The Morgan fingerprint density at radius 1 is 0.906 bits per heavy atom. The molecule has 0 radical (unpaired) electrons. The molecule has 4 aromatic heterocycles. The number of nitrogens with zero attached hydrogens (tertiary/aromatic N) is 10. The maximum absolute atomic E-state index is 13.7. The van der Waals surface area contributed by atoms with E-state index in [-0.39, 0.29) is 47.3 Å². The molecule has 64 heavy (non-hydrogen) atoms. The van der Waals surface area contributed by atoms with Gasteiger partial charge >= 0.3 is 0 Å². The number of carbonyl (C=O) groups excluding carboxylic acids is 2. The van der Waals surface area contributed by atoms with Gasteiger partial charge in [-0.3, -0.25) is 19.1 Å². The first-order valence-corrected chi connectivity index (χ1v) is 22.6. The molecular formula is C46H51Cl2N13O3. The minimum atomic E-state index is -0.362. The van der Waals surface area contributed by atoms with E-state index in [0.717, 1.165) is 68.6 Å². The number of fused-ring (bicyclic) bond motifs is 2. The fourth-order valence-electron chi connectivity index (χ4n) is 8.83. The highest BCUT2D eigenvalue weighted by atomic mass is 35.5. The third-order valence-corrected chi connectivity index (χ3v) is 13.2. The average Bonchev–Trinajstić information content (AvgIpc) is 3.82. The lowest BCUT2D eigenvalue weighted by atomic mass is 9.87. The van der Waals surface area contributed by atoms with E-state index >= 15 is 0 Å². The number of hydrogen-bond donors (Lipinski definition) is 3. The summed E-state index contributed by atoms with van der Waals surface area (Å²) in [6.45, 7) is 6.02. The number of nitrogens with one attached hydrogen (secondary N) is 3. The average molecular weight is 905 g/mol. The van der Waals surface area contributed by atoms with Crippen LogP contribution in [0.4, 0.5) is 29.2 Å². The molecule has 0 bridgehead atoms. The molecule has 2 fully saturated rings. The summed E-state index contributed by atoms with van der Waals surface area (Å²) in [5, 5.41) is 15.4. The second-order valence-electron chi connectivity index (χ2n) is 17.1. The van der Waals surface area contributed by atoms with Crippen LogP contribution in [0, 0.1) is 11.8 Å². The van der Waals surface area contributed by atoms with E-state index in [9.17, 15) is 14.4 Å². The number of rotatable bonds is 12. The summed E-state index contributed by atoms with van der Waals surface area (Å²) in [6.07, 6.45) is 18.4. The molecule has 16 nitrogen and oxygen atoms in total. The van der Waals surface area contributed by atoms with Crippen LogP contribution in [-0.4, -0.2) is 90.3 Å². The van der Waals surface area contributed by atoms with Crippen LogP contribution >= 0.6 is 23.2 Å². The van der Waals surface area contributed by atoms with Crippen molar-refractivity contribution >= 4 is 75.1 Å². The first-order chi connectivity index (χ1) is 31.0. The summed E-state index contributed by atoms with van der Waals surface area (Å²) in [7, 11) is 3.51. The summed E-state index contributed by atoms with van der Waals surface area (Å²) in [6, 6.07) is 9.08. The highest BCUT2D eigenvalue weighted by molar-refractivity contribution is 6.33. The van der Waals surface area contributed by atoms with Crippen molar-refractivity contribution in [2.24, 2.45) is 18.9 Å². The van der Waals surface area contributed by atoms with Crippen LogP contribution in [-0.2, 0) is 36.1 Å². The van der Waals surface area contributed by atoms with Gasteiger partial charge in [0.1, 0.15) is 10.0 Å². The first kappa shape index (κ1) is 43.0. The Kier molecular flexibility index (Phi) is 12.4. The zero-order valence-corrected chi connectivity index (χ0v) is 37.6. The van der Waals surface area contributed by atoms with Gasteiger partial charge in [0.15, 0.2) is 11.6 Å². The molecule has 2 unspecified atom stereocenters. The number of piperidine rings is 2. The van der Waals surface area contributed by atoms with Crippen LogP contribution in [0.15, 0.2) is 89.3 Å². The van der Waals surface area contributed by atoms with E-state index in [1.165, 1.54) is 6.42 Å². The monoisotopic (exact) mass is 903 g/mol. The maximum atomic E-state index is 13.7. The van der Waals surface area contributed by atoms with Gasteiger partial charge in [-0.05, 0) is 74.4 Å². The molecule has 2 atom stereocenters. The summed E-state index contributed by atoms with van der Waals surface area (Å²) in [5.41, 5.74) is 3.37. The number of carbonyl (C=O) groups is 2. The third-order valence-electron chi connectivity index (χ3n) is 12.5. The number of aromatic nitrogens is 7. The topological polar surface area (TPSA) is 171 Å². The van der Waals surface area contributed by atoms with Crippen LogP contribution in [0.3, 0.4) is 0 Å². The van der Waals surface area contributed by atoms with Gasteiger partial charge in [0, 0.05) is 86.5 Å². The zero-order chi connectivity index (χ0) is 44.5. The molecule has 2 saturated heterocycles. The molecule has 7 heterocycles. The molecule has 1 aliphatic carbocycles. The van der Waals surface area contributed by atoms with Crippen molar-refractivity contribution in [3.63, 3.8) is 0 Å². The van der Waals surface area contributed by atoms with Crippen molar-refractivity contribution in [2.75, 3.05) is 53.7 Å². The third kappa shape index (κ3) is 9.20. The molecule has 0 spiro atoms. The van der Waals surface area contributed by atoms with Gasteiger partial charge in [0.2, 0.25) is 17.8 Å². The van der Waals surface area contributed by atoms with E-state index in [4.69, 9.17) is 38.2 Å². The van der Waals surface area contributed by atoms with Gasteiger partial charge in [-0.25, -0.2) is 9.97 Å². The van der Waals surface area contributed by atoms with Crippen LogP contribution < -0.4 is 31.3 Å². The summed E-state index contributed by atoms with van der Waals surface area (Å²) >= 11 is 13.6. The number of hydrogen-bond acceptors (Lipinski definition) is 12. The lowest BCUT2D eigenvalue weighted by molar-refractivity contribution is -0.128. The molecule has 332 valence electrons. The van der Waals surface area contributed by atoms with Gasteiger partial charge in [0.05, 0.1) is 43.0 Å². The number of halogens is 2. The standard InChI is InChI=1S/C46H51Cl2N13O3/c1-28-12-18-60(19-13-28)46-54-36(40(48)42(56-46)53-34-9-11-38-30(23-34)21-32(44(64)58(38)3)27-61-17-7-14-51-61)26-49-39(62)24-31-20-29-22-33(8-10-37(29)57(2)43(31)63)52-41-35(47)25-50-45(55-41)59-15-5-4-6-16-59/h7-11,14,17,20-23,25,28,30,38H,4-6,12-13,15-16,18-19,24,26-27H2,1-3H3,(H,49,62)(H,50,52,55)(H,53,54,56). The Balaban J connectivity index is 0.929. The number of aryl methyl sites for hydroxylation is 1. The number of allylic oxidation sites excluding steroid dienone is 1. The maximum Gasteiger partial charge on any atom is 0.254 e. The second-order valence-corrected chi connectivity index (χ2v) is 17.9. The Morgan fingerprint density at radius 3 is 2.47 bits per heavy atom. The molecular weight excluding hydrogens is 853 g/mol. The van der Waals surface area contributed by atoms with Gasteiger partial charge in [0.25, 0.3) is 11.5 Å². The summed E-state index contributed by atoms with van der Waals surface area (Å²) in [4.78, 5) is 65.5. The lowest BCUT2D eigenvalue weighted by Crippen LogP contribution is -2.45. The van der Waals surface area contributed by atoms with E-state index in [2.05, 4.69) is 48.8 Å². The Hall–Kier alpha value is -6.26. The number of pyridine rings is 1. The van der Waals surface area contributed by atoms with Crippen LogP contribution in [0.1, 0.15) is 50.3 Å². The predicted octanol–water partition coefficient (Wildman–Crippen LogP) is 6.40. The first-order valence-electron chi connectivity index (χ1n) is 21.8. The van der Waals surface area contributed by atoms with Crippen molar-refractivity contribution in [1.29, 1.82) is 0 Å². The molecule has 4 aliphatic rings. The molecule has 1 aromatic carbocycles. The van der Waals surface area contributed by atoms with Crippen molar-refractivity contribution in [3.8, 4) is 0 Å². The van der Waals surface area contributed by atoms with E-state index in [1.807, 2.05) is 55.7 Å². The highest BCUT2D eigenvalue weighted by Crippen LogP contribution is 2.34. The van der Waals surface area contributed by atoms with Crippen molar-refractivity contribution in [3.05, 3.63) is 116 Å². The van der Waals surface area contributed by atoms with E-state index < -0.39 is 0 Å². The molecule has 18 heteroatoms. The van der Waals surface area contributed by atoms with Crippen LogP contribution in [0.25, 0.3) is 10.9 Å². The number of likely N-dealkylation sites (N-methyl/N-ethyl adjacent to an activating group) is 1. The number of anilines is 5. The molecule has 3 N–H and O–H groups in total. The largest absolute Gasteiger partial charge is 0.350 e. The van der Waals surface area contributed by atoms with E-state index in [0.29, 0.717) is 63.4 Å². The zero-order valence-electron chi connectivity index (χ0n) is 36.1. The van der Waals surface area contributed by atoms with Crippen LogP contribution in [0.2, 0.25) is 10.0 Å². The SMILES string of the molecule is CC1CCN(c2nc(CNC(=O)Cc3cc4cc(Nc5nc(N6CCCCC6)ncc5Cl)ccc4n(C)c3=O)c(Cl)c(NC3=CC4C=C(Cn5cccn5)C(=O)N(C)C4C=C3)n2)CC1. The van der Waals surface area contributed by atoms with Crippen LogP contribution in [0.5, 0.6) is 0 Å². The molecule has 9 rings (SSSR count). The molecule has 2 amide bonds. The summed E-state index contributed by atoms with van der Waals surface area (Å²) in [5.74, 6) is 2.15. The minimum Gasteiger partial charge on any atom is -0.350 e. The number of amides is 2. The Morgan fingerprint density at radius 2 is 1.69 bits per heavy atom. The van der Waals surface area contributed by atoms with Gasteiger partial charge in [-0.15, -0.1) is 0 Å². The number of benzene rings is 1. The quantitative estimate of drug-likeness (QED) is 0.126. The molecule has 0 saturated carbocycles. The lowest BCUT2D eigenvalue weighted by Gasteiger charge is -2.37. The smallest absolute Gasteiger partial charge is 0.254 e. The fraction of sp³-hybridized carbons (Fsp3) is 0.391. The predicted molar refractivity (Wildman–Crippen MR) is 250 cm³/mol. The molecule has 3 aliphatic heterocycles. The van der Waals surface area contributed by atoms with Crippen molar-refractivity contribution in [2.45, 2.75) is 64.6 Å². The second kappa shape index (κ2) is 18.5. The normalized spacial score (nSPS) is 19.1.